The highest BCUT2D eigenvalue weighted by Crippen LogP contribution is 2.46. The number of hydrogen-bond donors (Lipinski definition) is 2. The molecular weight excluding hydrogens is 412 g/mol. The molecule has 0 fully saturated rings. The van der Waals surface area contributed by atoms with Crippen LogP contribution < -0.4 is 14.8 Å². The second-order valence-corrected chi connectivity index (χ2v) is 9.89. The highest BCUT2D eigenvalue weighted by Gasteiger charge is 2.35. The van der Waals surface area contributed by atoms with Crippen molar-refractivity contribution in [1.82, 2.24) is 0 Å². The van der Waals surface area contributed by atoms with Crippen LogP contribution in [-0.2, 0) is 20.2 Å². The first kappa shape index (κ1) is 20.9. The van der Waals surface area contributed by atoms with Gasteiger partial charge in [0, 0.05) is 5.69 Å². The summed E-state index contributed by atoms with van der Waals surface area (Å²) in [7, 11) is -3.70. The molecule has 3 aromatic rings. The Bertz CT molecular complexity index is 1210. The number of sulfonamides is 1. The quantitative estimate of drug-likeness (QED) is 0.539. The molecule has 1 unspecified atom stereocenters. The van der Waals surface area contributed by atoms with Crippen molar-refractivity contribution in [3.8, 4) is 5.75 Å². The number of para-hydroxylation sites is 1. The fourth-order valence-corrected chi connectivity index (χ4v) is 5.19. The minimum Gasteiger partial charge on any atom is -0.429 e. The topological polar surface area (TPSA) is 84.5 Å². The third-order valence-electron chi connectivity index (χ3n) is 5.58. The van der Waals surface area contributed by atoms with Crippen molar-refractivity contribution >= 4 is 27.9 Å². The predicted molar refractivity (Wildman–Crippen MR) is 121 cm³/mol. The van der Waals surface area contributed by atoms with E-state index in [1.54, 1.807) is 42.5 Å². The summed E-state index contributed by atoms with van der Waals surface area (Å²) in [5.41, 5.74) is 3.17. The largest absolute Gasteiger partial charge is 0.429 e. The normalized spacial score (nSPS) is 17.2. The average Bonchev–Trinajstić information content (AvgIpc) is 2.75. The summed E-state index contributed by atoms with van der Waals surface area (Å²) in [6.07, 6.45) is 0.731. The zero-order valence-corrected chi connectivity index (χ0v) is 18.1. The highest BCUT2D eigenvalue weighted by atomic mass is 32.2. The summed E-state index contributed by atoms with van der Waals surface area (Å²) in [4.78, 5) is 10.9. The smallest absolute Gasteiger partial charge is 0.298 e. The molecule has 6 nitrogen and oxygen atoms in total. The molecule has 1 aliphatic heterocycles. The van der Waals surface area contributed by atoms with Crippen LogP contribution in [0.15, 0.2) is 77.7 Å². The van der Waals surface area contributed by atoms with Crippen LogP contribution in [0.2, 0.25) is 0 Å². The first-order valence-electron chi connectivity index (χ1n) is 9.98. The average molecular weight is 437 g/mol. The number of rotatable bonds is 6. The number of carbonyl (C=O) groups excluding carboxylic acids is 1. The van der Waals surface area contributed by atoms with E-state index in [-0.39, 0.29) is 16.4 Å². The lowest BCUT2D eigenvalue weighted by molar-refractivity contribution is -0.120. The molecule has 1 atom stereocenters. The van der Waals surface area contributed by atoms with Crippen LogP contribution in [0, 0.1) is 0 Å². The Kier molecular flexibility index (Phi) is 5.45. The van der Waals surface area contributed by atoms with Crippen molar-refractivity contribution < 1.29 is 17.9 Å². The molecule has 0 aromatic heterocycles. The number of benzene rings is 3. The zero-order chi connectivity index (χ0) is 22.1. The van der Waals surface area contributed by atoms with Crippen LogP contribution in [0.1, 0.15) is 37.4 Å². The Morgan fingerprint density at radius 3 is 2.48 bits per heavy atom. The molecule has 0 aliphatic carbocycles. The number of hydrogen-bond acceptors (Lipinski definition) is 5. The molecule has 31 heavy (non-hydrogen) atoms. The van der Waals surface area contributed by atoms with E-state index in [1.807, 2.05) is 30.3 Å². The molecular formula is C24H24N2O4S. The monoisotopic (exact) mass is 436 g/mol. The number of carbonyl (C=O) groups is 1. The SMILES string of the molecule is CC1(C)CC(c2ccccc2NS(=O)(=O)c2ccccc2)Nc2ccc(OC=O)cc21. The van der Waals surface area contributed by atoms with Gasteiger partial charge in [0.25, 0.3) is 16.5 Å². The lowest BCUT2D eigenvalue weighted by atomic mass is 9.74. The molecule has 160 valence electrons. The molecule has 3 aromatic carbocycles. The number of nitrogens with one attached hydrogen (secondary N) is 2. The van der Waals surface area contributed by atoms with Gasteiger partial charge >= 0.3 is 0 Å². The Labute approximate surface area is 182 Å². The molecule has 0 bridgehead atoms. The Balaban J connectivity index is 1.68. The molecule has 7 heteroatoms. The van der Waals surface area contributed by atoms with Crippen LogP contribution in [-0.4, -0.2) is 14.9 Å². The van der Waals surface area contributed by atoms with Gasteiger partial charge in [-0.15, -0.1) is 0 Å². The minimum atomic E-state index is -3.70. The van der Waals surface area contributed by atoms with Gasteiger partial charge in [0.2, 0.25) is 0 Å². The van der Waals surface area contributed by atoms with Gasteiger partial charge in [-0.05, 0) is 59.4 Å². The van der Waals surface area contributed by atoms with Crippen molar-refractivity contribution in [3.63, 3.8) is 0 Å². The van der Waals surface area contributed by atoms with E-state index in [0.717, 1.165) is 23.2 Å². The Morgan fingerprint density at radius 1 is 1.03 bits per heavy atom. The lowest BCUT2D eigenvalue weighted by Gasteiger charge is -2.39. The van der Waals surface area contributed by atoms with Crippen molar-refractivity contribution in [3.05, 3.63) is 83.9 Å². The van der Waals surface area contributed by atoms with E-state index in [4.69, 9.17) is 4.74 Å². The maximum atomic E-state index is 12.9. The maximum absolute atomic E-state index is 12.9. The van der Waals surface area contributed by atoms with Crippen LogP contribution in [0.5, 0.6) is 5.75 Å². The van der Waals surface area contributed by atoms with Crippen molar-refractivity contribution in [2.75, 3.05) is 10.0 Å². The molecule has 0 radical (unpaired) electrons. The van der Waals surface area contributed by atoms with Gasteiger partial charge in [-0.2, -0.15) is 0 Å². The summed E-state index contributed by atoms with van der Waals surface area (Å²) >= 11 is 0. The minimum absolute atomic E-state index is 0.102. The molecule has 1 aliphatic rings. The van der Waals surface area contributed by atoms with E-state index >= 15 is 0 Å². The van der Waals surface area contributed by atoms with Crippen molar-refractivity contribution in [2.24, 2.45) is 0 Å². The predicted octanol–water partition coefficient (Wildman–Crippen LogP) is 4.86. The van der Waals surface area contributed by atoms with Crippen molar-refractivity contribution in [1.29, 1.82) is 0 Å². The second kappa shape index (κ2) is 8.07. The summed E-state index contributed by atoms with van der Waals surface area (Å²) in [5.74, 6) is 0.498. The van der Waals surface area contributed by atoms with E-state index in [9.17, 15) is 13.2 Å². The zero-order valence-electron chi connectivity index (χ0n) is 17.3. The van der Waals surface area contributed by atoms with Gasteiger partial charge in [-0.25, -0.2) is 8.42 Å². The Morgan fingerprint density at radius 2 is 1.74 bits per heavy atom. The maximum Gasteiger partial charge on any atom is 0.298 e. The third-order valence-corrected chi connectivity index (χ3v) is 6.96. The van der Waals surface area contributed by atoms with Crippen LogP contribution in [0.25, 0.3) is 0 Å². The molecule has 0 spiro atoms. The van der Waals surface area contributed by atoms with E-state index in [0.29, 0.717) is 17.9 Å². The van der Waals surface area contributed by atoms with E-state index in [1.165, 1.54) is 0 Å². The molecule has 4 rings (SSSR count). The van der Waals surface area contributed by atoms with Gasteiger partial charge in [0.05, 0.1) is 16.6 Å². The molecule has 1 heterocycles. The first-order chi connectivity index (χ1) is 14.8. The lowest BCUT2D eigenvalue weighted by Crippen LogP contribution is -2.31. The summed E-state index contributed by atoms with van der Waals surface area (Å²) in [6.45, 7) is 4.67. The van der Waals surface area contributed by atoms with Crippen LogP contribution in [0.4, 0.5) is 11.4 Å². The first-order valence-corrected chi connectivity index (χ1v) is 11.5. The molecule has 0 amide bonds. The van der Waals surface area contributed by atoms with E-state index in [2.05, 4.69) is 23.9 Å². The van der Waals surface area contributed by atoms with E-state index < -0.39 is 10.0 Å². The molecule has 0 saturated carbocycles. The molecule has 0 saturated heterocycles. The third kappa shape index (κ3) is 4.27. The van der Waals surface area contributed by atoms with Gasteiger partial charge in [0.15, 0.2) is 0 Å². The summed E-state index contributed by atoms with van der Waals surface area (Å²) in [6, 6.07) is 21.2. The second-order valence-electron chi connectivity index (χ2n) is 8.21. The van der Waals surface area contributed by atoms with Gasteiger partial charge in [-0.3, -0.25) is 9.52 Å². The Hall–Kier alpha value is -3.32. The summed E-state index contributed by atoms with van der Waals surface area (Å²) < 4.78 is 33.5. The van der Waals surface area contributed by atoms with Crippen LogP contribution >= 0.6 is 0 Å². The molecule has 2 N–H and O–H groups in total. The highest BCUT2D eigenvalue weighted by molar-refractivity contribution is 7.92. The number of ether oxygens (including phenoxy) is 1. The standard InChI is InChI=1S/C24H24N2O4S/c1-24(2)15-23(25-22-13-12-17(30-16-27)14-20(22)24)19-10-6-7-11-21(19)26-31(28,29)18-8-4-3-5-9-18/h3-14,16,23,25-26H,15H2,1-2H3. The van der Waals surface area contributed by atoms with Gasteiger partial charge < -0.3 is 10.1 Å². The number of fused-ring (bicyclic) bond motifs is 1. The van der Waals surface area contributed by atoms with Gasteiger partial charge in [0.1, 0.15) is 5.75 Å². The van der Waals surface area contributed by atoms with Gasteiger partial charge in [-0.1, -0.05) is 50.2 Å². The fourth-order valence-electron chi connectivity index (χ4n) is 4.08. The fraction of sp³-hybridized carbons (Fsp3) is 0.208. The van der Waals surface area contributed by atoms with Crippen molar-refractivity contribution in [2.45, 2.75) is 36.6 Å². The van der Waals surface area contributed by atoms with Crippen LogP contribution in [0.3, 0.4) is 0 Å². The number of anilines is 2. The summed E-state index contributed by atoms with van der Waals surface area (Å²) in [5, 5.41) is 3.53.